The van der Waals surface area contributed by atoms with Crippen LogP contribution in [0.5, 0.6) is 5.75 Å². The molecular formula is C20H12Cl3FN2OS. The van der Waals surface area contributed by atoms with Gasteiger partial charge >= 0.3 is 0 Å². The summed E-state index contributed by atoms with van der Waals surface area (Å²) in [4.78, 5) is 9.99. The van der Waals surface area contributed by atoms with Gasteiger partial charge in [0.05, 0.1) is 15.4 Å². The number of thiophene rings is 1. The molecule has 0 aliphatic heterocycles. The van der Waals surface area contributed by atoms with Gasteiger partial charge in [0, 0.05) is 10.4 Å². The smallest absolute Gasteiger partial charge is 0.153 e. The molecule has 0 saturated heterocycles. The molecule has 0 amide bonds. The van der Waals surface area contributed by atoms with Crippen molar-refractivity contribution in [3.8, 4) is 27.3 Å². The number of aromatic nitrogens is 2. The van der Waals surface area contributed by atoms with E-state index in [1.54, 1.807) is 26.0 Å². The van der Waals surface area contributed by atoms with E-state index in [-0.39, 0.29) is 21.6 Å². The fraction of sp³-hybridized carbons (Fsp3) is 0.100. The third-order valence-corrected chi connectivity index (χ3v) is 6.98. The first kappa shape index (κ1) is 19.4. The van der Waals surface area contributed by atoms with Crippen molar-refractivity contribution in [1.29, 1.82) is 0 Å². The summed E-state index contributed by atoms with van der Waals surface area (Å²) in [7, 11) is 0. The van der Waals surface area contributed by atoms with E-state index < -0.39 is 0 Å². The van der Waals surface area contributed by atoms with Crippen molar-refractivity contribution in [2.24, 2.45) is 0 Å². The Balaban J connectivity index is 2.19. The molecule has 4 aromatic rings. The number of halogens is 4. The molecule has 0 unspecified atom stereocenters. The molecule has 0 fully saturated rings. The largest absolute Gasteiger partial charge is 0.505 e. The molecule has 1 N–H and O–H groups in total. The molecule has 2 heterocycles. The van der Waals surface area contributed by atoms with Crippen molar-refractivity contribution in [1.82, 2.24) is 9.97 Å². The Bertz CT molecular complexity index is 1210. The van der Waals surface area contributed by atoms with Gasteiger partial charge in [-0.3, -0.25) is 0 Å². The van der Waals surface area contributed by atoms with Crippen LogP contribution in [-0.2, 0) is 0 Å². The van der Waals surface area contributed by atoms with Crippen molar-refractivity contribution in [3.05, 3.63) is 62.7 Å². The van der Waals surface area contributed by atoms with Crippen molar-refractivity contribution in [2.45, 2.75) is 13.8 Å². The highest BCUT2D eigenvalue weighted by atomic mass is 35.5. The van der Waals surface area contributed by atoms with Crippen LogP contribution >= 0.6 is 46.1 Å². The average Bonchev–Trinajstić information content (AvgIpc) is 3.06. The van der Waals surface area contributed by atoms with Gasteiger partial charge in [0.2, 0.25) is 0 Å². The Hall–Kier alpha value is -1.92. The minimum Gasteiger partial charge on any atom is -0.505 e. The predicted octanol–water partition coefficient (Wildman–Crippen LogP) is 7.45. The molecular weight excluding hydrogens is 442 g/mol. The van der Waals surface area contributed by atoms with Gasteiger partial charge in [-0.2, -0.15) is 0 Å². The van der Waals surface area contributed by atoms with E-state index in [1.807, 2.05) is 0 Å². The molecule has 8 heteroatoms. The average molecular weight is 454 g/mol. The van der Waals surface area contributed by atoms with Gasteiger partial charge in [-0.1, -0.05) is 46.9 Å². The molecule has 2 aromatic carbocycles. The second-order valence-corrected chi connectivity index (χ2v) is 8.37. The van der Waals surface area contributed by atoms with Crippen molar-refractivity contribution in [3.63, 3.8) is 0 Å². The molecule has 0 aliphatic rings. The van der Waals surface area contributed by atoms with Crippen molar-refractivity contribution in [2.75, 3.05) is 0 Å². The summed E-state index contributed by atoms with van der Waals surface area (Å²) in [6.45, 7) is 3.60. The first-order valence-corrected chi connectivity index (χ1v) is 10.1. The molecule has 0 spiro atoms. The minimum absolute atomic E-state index is 0.160. The van der Waals surface area contributed by atoms with Gasteiger partial charge in [-0.05, 0) is 48.2 Å². The number of hydrogen-bond donors (Lipinski definition) is 1. The maximum absolute atomic E-state index is 13.5. The molecule has 28 heavy (non-hydrogen) atoms. The van der Waals surface area contributed by atoms with Gasteiger partial charge < -0.3 is 5.11 Å². The SMILES string of the molecule is Cc1c(Cl)c(O)c(Cl)c(C)c1-c1c(-c2ccc(F)cc2)sc2ncnc(Cl)c12. The van der Waals surface area contributed by atoms with Crippen molar-refractivity contribution < 1.29 is 9.50 Å². The number of benzene rings is 2. The lowest BCUT2D eigenvalue weighted by Crippen LogP contribution is -1.94. The molecule has 3 nitrogen and oxygen atoms in total. The highest BCUT2D eigenvalue weighted by molar-refractivity contribution is 7.22. The van der Waals surface area contributed by atoms with Crippen molar-refractivity contribution >= 4 is 56.4 Å². The summed E-state index contributed by atoms with van der Waals surface area (Å²) in [5.74, 6) is -0.486. The van der Waals surface area contributed by atoms with E-state index >= 15 is 0 Å². The molecule has 0 bridgehead atoms. The lowest BCUT2D eigenvalue weighted by Gasteiger charge is -2.17. The molecule has 0 radical (unpaired) electrons. The second kappa shape index (κ2) is 7.16. The number of phenolic OH excluding ortho intramolecular Hbond substituents is 1. The molecule has 142 valence electrons. The van der Waals surface area contributed by atoms with Crippen LogP contribution in [0.4, 0.5) is 4.39 Å². The Morgan fingerprint density at radius 3 is 2.14 bits per heavy atom. The summed E-state index contributed by atoms with van der Waals surface area (Å²) in [5.41, 5.74) is 3.62. The van der Waals surface area contributed by atoms with E-state index in [0.29, 0.717) is 26.5 Å². The number of fused-ring (bicyclic) bond motifs is 1. The molecule has 0 atom stereocenters. The van der Waals surface area contributed by atoms with Crippen LogP contribution in [0.1, 0.15) is 11.1 Å². The van der Waals surface area contributed by atoms with Crippen LogP contribution in [0.2, 0.25) is 15.2 Å². The zero-order valence-corrected chi connectivity index (χ0v) is 17.7. The molecule has 0 aliphatic carbocycles. The third kappa shape index (κ3) is 2.94. The van der Waals surface area contributed by atoms with Gasteiger partial charge in [0.15, 0.2) is 5.75 Å². The zero-order valence-electron chi connectivity index (χ0n) is 14.6. The molecule has 4 rings (SSSR count). The van der Waals surface area contributed by atoms with Crippen LogP contribution < -0.4 is 0 Å². The van der Waals surface area contributed by atoms with Gasteiger partial charge in [-0.25, -0.2) is 14.4 Å². The molecule has 2 aromatic heterocycles. The van der Waals surface area contributed by atoms with Crippen LogP contribution in [0, 0.1) is 19.7 Å². The maximum atomic E-state index is 13.5. The van der Waals surface area contributed by atoms with E-state index in [9.17, 15) is 9.50 Å². The fourth-order valence-corrected chi connectivity index (χ4v) is 5.13. The Kier molecular flexibility index (Phi) is 4.96. The summed E-state index contributed by atoms with van der Waals surface area (Å²) in [5, 5.41) is 11.5. The second-order valence-electron chi connectivity index (χ2n) is 6.26. The summed E-state index contributed by atoms with van der Waals surface area (Å²) in [6.07, 6.45) is 1.40. The highest BCUT2D eigenvalue weighted by Gasteiger charge is 2.26. The lowest BCUT2D eigenvalue weighted by atomic mass is 9.92. The summed E-state index contributed by atoms with van der Waals surface area (Å²) < 4.78 is 13.5. The Morgan fingerprint density at radius 1 is 0.929 bits per heavy atom. The van der Waals surface area contributed by atoms with Gasteiger partial charge in [0.25, 0.3) is 0 Å². The minimum atomic E-state index is -0.327. The lowest BCUT2D eigenvalue weighted by molar-refractivity contribution is 0.475. The van der Waals surface area contributed by atoms with Crippen LogP contribution in [0.25, 0.3) is 31.8 Å². The quantitative estimate of drug-likeness (QED) is 0.321. The summed E-state index contributed by atoms with van der Waals surface area (Å²) in [6, 6.07) is 6.18. The van der Waals surface area contributed by atoms with Crippen LogP contribution in [-0.4, -0.2) is 15.1 Å². The van der Waals surface area contributed by atoms with Crippen LogP contribution in [0.15, 0.2) is 30.6 Å². The third-order valence-electron chi connectivity index (χ3n) is 4.62. The van der Waals surface area contributed by atoms with E-state index in [0.717, 1.165) is 21.6 Å². The number of hydrogen-bond acceptors (Lipinski definition) is 4. The Labute approximate surface area is 179 Å². The number of nitrogens with zero attached hydrogens (tertiary/aromatic N) is 2. The van der Waals surface area contributed by atoms with E-state index in [4.69, 9.17) is 34.8 Å². The predicted molar refractivity (Wildman–Crippen MR) is 114 cm³/mol. The highest BCUT2D eigenvalue weighted by Crippen LogP contribution is 2.51. The number of phenols is 1. The first-order valence-electron chi connectivity index (χ1n) is 8.17. The standard InChI is InChI=1S/C20H12Cl3FN2OS/c1-8-12(9(2)16(22)17(27)15(8)21)13-14-19(23)25-7-26-20(14)28-18(13)10-3-5-11(24)6-4-10/h3-7,27H,1-2H3. The normalized spacial score (nSPS) is 11.4. The monoisotopic (exact) mass is 452 g/mol. The van der Waals surface area contributed by atoms with Gasteiger partial charge in [0.1, 0.15) is 22.1 Å². The topological polar surface area (TPSA) is 46.0 Å². The van der Waals surface area contributed by atoms with Gasteiger partial charge in [-0.15, -0.1) is 11.3 Å². The Morgan fingerprint density at radius 2 is 1.54 bits per heavy atom. The first-order chi connectivity index (χ1) is 13.3. The summed E-state index contributed by atoms with van der Waals surface area (Å²) >= 11 is 20.5. The number of aromatic hydroxyl groups is 1. The molecule has 0 saturated carbocycles. The fourth-order valence-electron chi connectivity index (χ4n) is 3.27. The zero-order chi connectivity index (χ0) is 20.2. The van der Waals surface area contributed by atoms with Crippen LogP contribution in [0.3, 0.4) is 0 Å². The maximum Gasteiger partial charge on any atom is 0.153 e. The van der Waals surface area contributed by atoms with E-state index in [2.05, 4.69) is 9.97 Å². The van der Waals surface area contributed by atoms with E-state index in [1.165, 1.54) is 29.8 Å². The number of rotatable bonds is 2.